The molecule has 5 atom stereocenters. The van der Waals surface area contributed by atoms with Crippen molar-refractivity contribution >= 4 is 23.4 Å². The van der Waals surface area contributed by atoms with Gasteiger partial charge in [0.05, 0.1) is 17.9 Å². The van der Waals surface area contributed by atoms with Gasteiger partial charge in [-0.2, -0.15) is 0 Å². The van der Waals surface area contributed by atoms with Crippen LogP contribution in [0, 0.1) is 11.8 Å². The number of fused-ring (bicyclic) bond motifs is 1. The van der Waals surface area contributed by atoms with Gasteiger partial charge in [-0.1, -0.05) is 70.7 Å². The fourth-order valence-corrected chi connectivity index (χ4v) is 6.54. The van der Waals surface area contributed by atoms with Gasteiger partial charge in [-0.15, -0.1) is 0 Å². The van der Waals surface area contributed by atoms with E-state index in [0.29, 0.717) is 18.2 Å². The minimum absolute atomic E-state index is 0.139. The number of rotatable bonds is 8. The Labute approximate surface area is 214 Å². The second-order valence-electron chi connectivity index (χ2n) is 11.2. The minimum Gasteiger partial charge on any atom is -0.359 e. The van der Waals surface area contributed by atoms with E-state index in [9.17, 15) is 14.4 Å². The van der Waals surface area contributed by atoms with E-state index in [1.54, 1.807) is 4.90 Å². The zero-order valence-corrected chi connectivity index (χ0v) is 21.7. The molecule has 2 bridgehead atoms. The van der Waals surface area contributed by atoms with E-state index < -0.39 is 29.6 Å². The van der Waals surface area contributed by atoms with E-state index in [1.807, 2.05) is 36.4 Å². The van der Waals surface area contributed by atoms with Crippen LogP contribution in [0.2, 0.25) is 0 Å². The highest BCUT2D eigenvalue weighted by Gasteiger charge is 2.72. The molecule has 3 aliphatic heterocycles. The first-order valence-corrected chi connectivity index (χ1v) is 13.7. The number of hydrogen-bond donors (Lipinski definition) is 2. The largest absolute Gasteiger partial charge is 0.359 e. The molecule has 3 amide bonds. The third-order valence-corrected chi connectivity index (χ3v) is 8.47. The summed E-state index contributed by atoms with van der Waals surface area (Å²) in [6, 6.07) is 7.22. The van der Waals surface area contributed by atoms with Crippen LogP contribution >= 0.6 is 0 Å². The third-order valence-electron chi connectivity index (χ3n) is 8.47. The smallest absolute Gasteiger partial charge is 0.246 e. The molecule has 4 aliphatic rings. The van der Waals surface area contributed by atoms with E-state index in [0.717, 1.165) is 38.5 Å². The molecule has 3 unspecified atom stereocenters. The van der Waals surface area contributed by atoms with Crippen LogP contribution in [0.1, 0.15) is 77.2 Å². The monoisotopic (exact) mass is 493 g/mol. The van der Waals surface area contributed by atoms with Crippen molar-refractivity contribution in [1.29, 1.82) is 0 Å². The van der Waals surface area contributed by atoms with Gasteiger partial charge in [0.2, 0.25) is 17.7 Å². The van der Waals surface area contributed by atoms with Crippen LogP contribution in [-0.4, -0.2) is 53.0 Å². The van der Waals surface area contributed by atoms with Crippen molar-refractivity contribution in [3.05, 3.63) is 42.0 Å². The highest BCUT2D eigenvalue weighted by Crippen LogP contribution is 2.55. The Morgan fingerprint density at radius 2 is 1.83 bits per heavy atom. The van der Waals surface area contributed by atoms with Gasteiger partial charge in [-0.3, -0.25) is 14.4 Å². The zero-order valence-electron chi connectivity index (χ0n) is 21.7. The fourth-order valence-electron chi connectivity index (χ4n) is 6.54. The zero-order chi connectivity index (χ0) is 25.4. The highest BCUT2D eigenvalue weighted by atomic mass is 16.5. The molecule has 1 spiro atoms. The van der Waals surface area contributed by atoms with E-state index in [-0.39, 0.29) is 23.8 Å². The SMILES string of the molecule is CCCCN1C(=O)[C@@H]2C(C(=O)Nc3ccc(C(C)C)cc3)[C@@H]3C=CC2(O3)C1C(=O)NC1CCCCC1. The lowest BCUT2D eigenvalue weighted by molar-refractivity contribution is -0.141. The Morgan fingerprint density at radius 1 is 1.11 bits per heavy atom. The molecule has 0 aromatic heterocycles. The molecule has 1 aliphatic carbocycles. The Hall–Kier alpha value is -2.67. The average molecular weight is 494 g/mol. The molecule has 2 N–H and O–H groups in total. The maximum absolute atomic E-state index is 13.8. The van der Waals surface area contributed by atoms with Crippen LogP contribution in [0.25, 0.3) is 0 Å². The fraction of sp³-hybridized carbons (Fsp3) is 0.621. The van der Waals surface area contributed by atoms with Crippen molar-refractivity contribution in [3.8, 4) is 0 Å². The Morgan fingerprint density at radius 3 is 2.50 bits per heavy atom. The molecule has 3 heterocycles. The number of benzene rings is 1. The summed E-state index contributed by atoms with van der Waals surface area (Å²) in [5, 5.41) is 6.24. The number of nitrogens with one attached hydrogen (secondary N) is 2. The molecule has 36 heavy (non-hydrogen) atoms. The molecule has 3 fully saturated rings. The van der Waals surface area contributed by atoms with Crippen LogP contribution in [0.5, 0.6) is 0 Å². The van der Waals surface area contributed by atoms with Gasteiger partial charge in [-0.25, -0.2) is 0 Å². The number of anilines is 1. The van der Waals surface area contributed by atoms with E-state index in [1.165, 1.54) is 12.0 Å². The van der Waals surface area contributed by atoms with Gasteiger partial charge in [0.15, 0.2) is 0 Å². The van der Waals surface area contributed by atoms with Gasteiger partial charge in [-0.05, 0) is 42.9 Å². The van der Waals surface area contributed by atoms with Gasteiger partial charge in [0.1, 0.15) is 11.6 Å². The second kappa shape index (κ2) is 10.0. The lowest BCUT2D eigenvalue weighted by Crippen LogP contribution is -2.56. The predicted molar refractivity (Wildman–Crippen MR) is 138 cm³/mol. The number of amides is 3. The number of ether oxygens (including phenoxy) is 1. The van der Waals surface area contributed by atoms with Gasteiger partial charge in [0.25, 0.3) is 0 Å². The lowest BCUT2D eigenvalue weighted by Gasteiger charge is -2.34. The van der Waals surface area contributed by atoms with Crippen LogP contribution in [0.4, 0.5) is 5.69 Å². The Kier molecular flexibility index (Phi) is 6.95. The summed E-state index contributed by atoms with van der Waals surface area (Å²) < 4.78 is 6.41. The average Bonchev–Trinajstić information content (AvgIpc) is 3.51. The quantitative estimate of drug-likeness (QED) is 0.533. The molecular formula is C29H39N3O4. The number of unbranched alkanes of at least 4 members (excludes halogenated alkanes) is 1. The normalized spacial score (nSPS) is 31.2. The van der Waals surface area contributed by atoms with Gasteiger partial charge < -0.3 is 20.3 Å². The lowest BCUT2D eigenvalue weighted by atomic mass is 9.74. The van der Waals surface area contributed by atoms with Crippen molar-refractivity contribution in [1.82, 2.24) is 10.2 Å². The summed E-state index contributed by atoms with van der Waals surface area (Å²) in [7, 11) is 0. The predicted octanol–water partition coefficient (Wildman–Crippen LogP) is 4.15. The van der Waals surface area contributed by atoms with Gasteiger partial charge >= 0.3 is 0 Å². The molecular weight excluding hydrogens is 454 g/mol. The molecule has 1 saturated carbocycles. The molecule has 2 saturated heterocycles. The van der Waals surface area contributed by atoms with Crippen molar-refractivity contribution in [2.75, 3.05) is 11.9 Å². The van der Waals surface area contributed by atoms with E-state index in [4.69, 9.17) is 4.74 Å². The first-order valence-electron chi connectivity index (χ1n) is 13.7. The summed E-state index contributed by atoms with van der Waals surface area (Å²) in [5.74, 6) is -1.48. The number of carbonyl (C=O) groups excluding carboxylic acids is 3. The molecule has 5 rings (SSSR count). The van der Waals surface area contributed by atoms with E-state index in [2.05, 4.69) is 31.4 Å². The molecule has 194 valence electrons. The van der Waals surface area contributed by atoms with Crippen molar-refractivity contribution in [2.24, 2.45) is 11.8 Å². The maximum Gasteiger partial charge on any atom is 0.246 e. The summed E-state index contributed by atoms with van der Waals surface area (Å²) in [6.07, 6.45) is 10.3. The summed E-state index contributed by atoms with van der Waals surface area (Å²) in [5.41, 5.74) is 0.810. The highest BCUT2D eigenvalue weighted by molar-refractivity contribution is 6.02. The molecule has 7 nitrogen and oxygen atoms in total. The molecule has 0 radical (unpaired) electrons. The van der Waals surface area contributed by atoms with Crippen molar-refractivity contribution in [2.45, 2.75) is 95.4 Å². The van der Waals surface area contributed by atoms with Crippen molar-refractivity contribution in [3.63, 3.8) is 0 Å². The number of carbonyl (C=O) groups is 3. The first kappa shape index (κ1) is 25.0. The number of hydrogen-bond acceptors (Lipinski definition) is 4. The standard InChI is InChI=1S/C29H39N3O4/c1-4-5-17-32-25(27(34)31-20-9-7-6-8-10-20)29-16-15-22(36-29)23(24(29)28(32)35)26(33)30-21-13-11-19(12-14-21)18(2)3/h11-16,18,20,22-25H,4-10,17H2,1-3H3,(H,30,33)(H,31,34)/t22-,23?,24-,25?,29?/m0/s1. The van der Waals surface area contributed by atoms with Crippen LogP contribution in [0.3, 0.4) is 0 Å². The number of likely N-dealkylation sites (tertiary alicyclic amines) is 1. The maximum atomic E-state index is 13.8. The van der Waals surface area contributed by atoms with Crippen LogP contribution in [-0.2, 0) is 19.1 Å². The number of nitrogens with zero attached hydrogens (tertiary/aromatic N) is 1. The van der Waals surface area contributed by atoms with Crippen LogP contribution in [0.15, 0.2) is 36.4 Å². The molecule has 7 heteroatoms. The van der Waals surface area contributed by atoms with Crippen LogP contribution < -0.4 is 10.6 Å². The third kappa shape index (κ3) is 4.25. The summed E-state index contributed by atoms with van der Waals surface area (Å²) in [4.78, 5) is 42.7. The topological polar surface area (TPSA) is 87.7 Å². The molecule has 1 aromatic carbocycles. The summed E-state index contributed by atoms with van der Waals surface area (Å²) in [6.45, 7) is 6.81. The van der Waals surface area contributed by atoms with Gasteiger partial charge in [0, 0.05) is 18.3 Å². The second-order valence-corrected chi connectivity index (χ2v) is 11.2. The summed E-state index contributed by atoms with van der Waals surface area (Å²) >= 11 is 0. The molecule has 1 aromatic rings. The Bertz CT molecular complexity index is 1030. The Balaban J connectivity index is 1.39. The van der Waals surface area contributed by atoms with E-state index >= 15 is 0 Å². The first-order chi connectivity index (χ1) is 17.4. The minimum atomic E-state index is -1.09. The van der Waals surface area contributed by atoms with Crippen molar-refractivity contribution < 1.29 is 19.1 Å².